The third-order valence-electron chi connectivity index (χ3n) is 4.22. The molecule has 1 aliphatic heterocycles. The topological polar surface area (TPSA) is 49.4 Å². The smallest absolute Gasteiger partial charge is 0.211 e. The first-order valence-electron chi connectivity index (χ1n) is 7.79. The molecule has 0 bridgehead atoms. The molecular formula is C16H32N2O2S. The van der Waals surface area contributed by atoms with Crippen molar-refractivity contribution >= 4 is 10.0 Å². The number of piperidine rings is 1. The van der Waals surface area contributed by atoms with Crippen LogP contribution in [0.2, 0.25) is 0 Å². The van der Waals surface area contributed by atoms with Gasteiger partial charge in [-0.3, -0.25) is 0 Å². The van der Waals surface area contributed by atoms with Crippen LogP contribution < -0.4 is 5.32 Å². The predicted octanol–water partition coefficient (Wildman–Crippen LogP) is 2.63. The maximum atomic E-state index is 11.7. The van der Waals surface area contributed by atoms with Gasteiger partial charge in [-0.25, -0.2) is 12.7 Å². The van der Waals surface area contributed by atoms with E-state index in [1.807, 2.05) is 6.08 Å². The molecule has 1 heterocycles. The second-order valence-electron chi connectivity index (χ2n) is 7.80. The molecule has 124 valence electrons. The molecule has 0 aliphatic carbocycles. The standard InChI is InChI=1S/C16H32N2O2S/c1-7-16(5,13-17-15(2,3)4)11-14-9-8-10-18(12-14)21(6,19)20/h7,14,17H,1,8-13H2,2-6H3. The third-order valence-corrected chi connectivity index (χ3v) is 5.49. The highest BCUT2D eigenvalue weighted by Gasteiger charge is 2.31. The van der Waals surface area contributed by atoms with E-state index < -0.39 is 10.0 Å². The molecule has 5 heteroatoms. The zero-order valence-electron chi connectivity index (χ0n) is 14.3. The molecule has 0 radical (unpaired) electrons. The van der Waals surface area contributed by atoms with Crippen molar-refractivity contribution in [3.63, 3.8) is 0 Å². The van der Waals surface area contributed by atoms with E-state index in [9.17, 15) is 8.42 Å². The Hall–Kier alpha value is -0.390. The van der Waals surface area contributed by atoms with Crippen LogP contribution in [0.1, 0.15) is 47.0 Å². The van der Waals surface area contributed by atoms with Crippen LogP contribution in [0, 0.1) is 11.3 Å². The maximum Gasteiger partial charge on any atom is 0.211 e. The Balaban J connectivity index is 2.66. The van der Waals surface area contributed by atoms with Crippen LogP contribution in [0.4, 0.5) is 0 Å². The highest BCUT2D eigenvalue weighted by molar-refractivity contribution is 7.88. The Kier molecular flexibility index (Phi) is 6.04. The molecule has 1 rings (SSSR count). The minimum absolute atomic E-state index is 0.00153. The van der Waals surface area contributed by atoms with E-state index in [1.54, 1.807) is 4.31 Å². The molecule has 4 nitrogen and oxygen atoms in total. The Morgan fingerprint density at radius 3 is 2.43 bits per heavy atom. The van der Waals surface area contributed by atoms with Crippen LogP contribution in [0.25, 0.3) is 0 Å². The Labute approximate surface area is 131 Å². The van der Waals surface area contributed by atoms with Crippen molar-refractivity contribution in [3.8, 4) is 0 Å². The summed E-state index contributed by atoms with van der Waals surface area (Å²) < 4.78 is 25.1. The first-order chi connectivity index (χ1) is 9.45. The maximum absolute atomic E-state index is 11.7. The Morgan fingerprint density at radius 2 is 1.95 bits per heavy atom. The highest BCUT2D eigenvalue weighted by atomic mass is 32.2. The number of rotatable bonds is 6. The van der Waals surface area contributed by atoms with E-state index in [2.05, 4.69) is 39.6 Å². The summed E-state index contributed by atoms with van der Waals surface area (Å²) in [5.74, 6) is 0.415. The molecule has 1 aliphatic rings. The van der Waals surface area contributed by atoms with E-state index in [0.717, 1.165) is 25.8 Å². The first-order valence-corrected chi connectivity index (χ1v) is 9.64. The lowest BCUT2D eigenvalue weighted by Crippen LogP contribution is -2.45. The third kappa shape index (κ3) is 6.49. The monoisotopic (exact) mass is 316 g/mol. The summed E-state index contributed by atoms with van der Waals surface area (Å²) in [4.78, 5) is 0. The van der Waals surface area contributed by atoms with Gasteiger partial charge in [0.2, 0.25) is 10.0 Å². The fourth-order valence-corrected chi connectivity index (χ4v) is 3.79. The number of hydrogen-bond donors (Lipinski definition) is 1. The average Bonchev–Trinajstić information content (AvgIpc) is 2.35. The van der Waals surface area contributed by atoms with Gasteiger partial charge in [0.1, 0.15) is 0 Å². The molecule has 0 aromatic heterocycles. The van der Waals surface area contributed by atoms with Gasteiger partial charge in [0, 0.05) is 25.2 Å². The van der Waals surface area contributed by atoms with Gasteiger partial charge in [-0.1, -0.05) is 13.0 Å². The van der Waals surface area contributed by atoms with Crippen molar-refractivity contribution in [2.75, 3.05) is 25.9 Å². The minimum Gasteiger partial charge on any atom is -0.311 e. The fraction of sp³-hybridized carbons (Fsp3) is 0.875. The largest absolute Gasteiger partial charge is 0.311 e. The number of sulfonamides is 1. The lowest BCUT2D eigenvalue weighted by atomic mass is 9.78. The number of nitrogens with one attached hydrogen (secondary N) is 1. The van der Waals surface area contributed by atoms with Gasteiger partial charge in [0.05, 0.1) is 6.26 Å². The molecule has 1 fully saturated rings. The van der Waals surface area contributed by atoms with Gasteiger partial charge in [0.25, 0.3) is 0 Å². The quantitative estimate of drug-likeness (QED) is 0.766. The van der Waals surface area contributed by atoms with Gasteiger partial charge in [-0.2, -0.15) is 0 Å². The van der Waals surface area contributed by atoms with Gasteiger partial charge in [0.15, 0.2) is 0 Å². The summed E-state index contributed by atoms with van der Waals surface area (Å²) in [6.07, 6.45) is 6.36. The van der Waals surface area contributed by atoms with Crippen molar-refractivity contribution < 1.29 is 8.42 Å². The van der Waals surface area contributed by atoms with Crippen molar-refractivity contribution in [2.45, 2.75) is 52.5 Å². The van der Waals surface area contributed by atoms with Crippen molar-refractivity contribution in [3.05, 3.63) is 12.7 Å². The molecule has 1 saturated heterocycles. The Morgan fingerprint density at radius 1 is 1.33 bits per heavy atom. The number of nitrogens with zero attached hydrogens (tertiary/aromatic N) is 1. The molecule has 1 N–H and O–H groups in total. The zero-order valence-corrected chi connectivity index (χ0v) is 15.1. The van der Waals surface area contributed by atoms with Crippen LogP contribution in [-0.2, 0) is 10.0 Å². The van der Waals surface area contributed by atoms with Crippen molar-refractivity contribution in [2.24, 2.45) is 11.3 Å². The van der Waals surface area contributed by atoms with Gasteiger partial charge >= 0.3 is 0 Å². The molecule has 0 amide bonds. The molecule has 0 saturated carbocycles. The van der Waals surface area contributed by atoms with Gasteiger partial charge in [-0.05, 0) is 51.4 Å². The molecule has 21 heavy (non-hydrogen) atoms. The minimum atomic E-state index is -3.06. The van der Waals surface area contributed by atoms with E-state index >= 15 is 0 Å². The van der Waals surface area contributed by atoms with Crippen LogP contribution in [0.3, 0.4) is 0 Å². The molecule has 2 unspecified atom stereocenters. The summed E-state index contributed by atoms with van der Waals surface area (Å²) in [5.41, 5.74) is 0.0775. The second-order valence-corrected chi connectivity index (χ2v) is 9.78. The molecule has 0 aromatic rings. The first kappa shape index (κ1) is 18.7. The van der Waals surface area contributed by atoms with Crippen LogP contribution in [0.15, 0.2) is 12.7 Å². The van der Waals surface area contributed by atoms with Gasteiger partial charge in [-0.15, -0.1) is 6.58 Å². The molecule has 0 aromatic carbocycles. The predicted molar refractivity (Wildman–Crippen MR) is 89.8 cm³/mol. The lowest BCUT2D eigenvalue weighted by molar-refractivity contribution is 0.196. The van der Waals surface area contributed by atoms with E-state index in [1.165, 1.54) is 6.26 Å². The van der Waals surface area contributed by atoms with Crippen LogP contribution in [0.5, 0.6) is 0 Å². The van der Waals surface area contributed by atoms with Crippen LogP contribution in [-0.4, -0.2) is 44.2 Å². The van der Waals surface area contributed by atoms with Crippen LogP contribution >= 0.6 is 0 Å². The van der Waals surface area contributed by atoms with Crippen molar-refractivity contribution in [1.29, 1.82) is 0 Å². The summed E-state index contributed by atoms with van der Waals surface area (Å²) in [5, 5.41) is 3.54. The zero-order chi connectivity index (χ0) is 16.3. The molecule has 0 spiro atoms. The van der Waals surface area contributed by atoms with Gasteiger partial charge < -0.3 is 5.32 Å². The SMILES string of the molecule is C=CC(C)(CNC(C)(C)C)CC1CCCN(S(C)(=O)=O)C1. The second kappa shape index (κ2) is 6.80. The average molecular weight is 317 g/mol. The van der Waals surface area contributed by atoms with E-state index in [-0.39, 0.29) is 11.0 Å². The summed E-state index contributed by atoms with van der Waals surface area (Å²) in [7, 11) is -3.06. The Bertz CT molecular complexity index is 453. The number of hydrogen-bond acceptors (Lipinski definition) is 3. The normalized spacial score (nSPS) is 24.5. The van der Waals surface area contributed by atoms with E-state index in [4.69, 9.17) is 0 Å². The summed E-state index contributed by atoms with van der Waals surface area (Å²) >= 11 is 0. The highest BCUT2D eigenvalue weighted by Crippen LogP contribution is 2.32. The van der Waals surface area contributed by atoms with E-state index in [0.29, 0.717) is 19.0 Å². The lowest BCUT2D eigenvalue weighted by Gasteiger charge is -2.37. The molecule has 2 atom stereocenters. The fourth-order valence-electron chi connectivity index (χ4n) is 2.85. The summed E-state index contributed by atoms with van der Waals surface area (Å²) in [6, 6.07) is 0. The van der Waals surface area contributed by atoms with Crippen molar-refractivity contribution in [1.82, 2.24) is 9.62 Å². The molecular weight excluding hydrogens is 284 g/mol. The summed E-state index contributed by atoms with van der Waals surface area (Å²) in [6.45, 7) is 14.9.